The Bertz CT molecular complexity index is 698. The molecule has 3 heterocycles. The van der Waals surface area contributed by atoms with Crippen molar-refractivity contribution in [3.8, 4) is 0 Å². The van der Waals surface area contributed by atoms with Crippen LogP contribution in [0.25, 0.3) is 11.2 Å². The van der Waals surface area contributed by atoms with Gasteiger partial charge in [0.25, 0.3) is 0 Å². The highest BCUT2D eigenvalue weighted by Gasteiger charge is 2.23. The van der Waals surface area contributed by atoms with Gasteiger partial charge in [0.2, 0.25) is 0 Å². The maximum absolute atomic E-state index is 13.0. The fraction of sp³-hybridized carbons (Fsp3) is 0.600. The van der Waals surface area contributed by atoms with Crippen molar-refractivity contribution in [3.63, 3.8) is 0 Å². The second-order valence-corrected chi connectivity index (χ2v) is 5.85. The van der Waals surface area contributed by atoms with E-state index in [1.807, 2.05) is 4.57 Å². The summed E-state index contributed by atoms with van der Waals surface area (Å²) in [6.07, 6.45) is 4.29. The Morgan fingerprint density at radius 3 is 2.88 bits per heavy atom. The number of ether oxygens (including phenoxy) is 1. The molecule has 1 aliphatic rings. The quantitative estimate of drug-likeness (QED) is 0.835. The first-order valence-electron chi connectivity index (χ1n) is 8.12. The largest absolute Gasteiger partial charge is 0.449 e. The number of halogens is 1. The predicted octanol–water partition coefficient (Wildman–Crippen LogP) is 1.76. The fourth-order valence-corrected chi connectivity index (χ4v) is 2.73. The van der Waals surface area contributed by atoms with Crippen LogP contribution in [0.15, 0.2) is 12.7 Å². The molecule has 0 aliphatic carbocycles. The van der Waals surface area contributed by atoms with Crippen LogP contribution in [-0.4, -0.2) is 56.4 Å². The summed E-state index contributed by atoms with van der Waals surface area (Å²) in [6, 6.07) is 0. The molecule has 2 aromatic rings. The van der Waals surface area contributed by atoms with Gasteiger partial charge in [-0.1, -0.05) is 0 Å². The zero-order valence-electron chi connectivity index (χ0n) is 13.4. The van der Waals surface area contributed by atoms with Crippen LogP contribution in [0, 0.1) is 0 Å². The summed E-state index contributed by atoms with van der Waals surface area (Å²) < 4.78 is 20.2. The van der Waals surface area contributed by atoms with Gasteiger partial charge in [-0.3, -0.25) is 0 Å². The van der Waals surface area contributed by atoms with Crippen molar-refractivity contribution in [3.05, 3.63) is 12.7 Å². The molecule has 1 aliphatic heterocycles. The third kappa shape index (κ3) is 3.72. The van der Waals surface area contributed by atoms with Crippen molar-refractivity contribution in [2.45, 2.75) is 38.4 Å². The van der Waals surface area contributed by atoms with Crippen molar-refractivity contribution < 1.29 is 13.9 Å². The average Bonchev–Trinajstić information content (AvgIpc) is 3.00. The second-order valence-electron chi connectivity index (χ2n) is 5.85. The summed E-state index contributed by atoms with van der Waals surface area (Å²) in [5.41, 5.74) is 7.05. The number of aromatic nitrogens is 4. The summed E-state index contributed by atoms with van der Waals surface area (Å²) >= 11 is 0. The van der Waals surface area contributed by atoms with Gasteiger partial charge in [-0.25, -0.2) is 24.1 Å². The van der Waals surface area contributed by atoms with E-state index < -0.39 is 6.17 Å². The predicted molar refractivity (Wildman–Crippen MR) is 86.0 cm³/mol. The van der Waals surface area contributed by atoms with Gasteiger partial charge in [0.1, 0.15) is 18.0 Å². The molecule has 0 bridgehead atoms. The van der Waals surface area contributed by atoms with Crippen molar-refractivity contribution in [1.82, 2.24) is 24.4 Å². The minimum atomic E-state index is -0.795. The van der Waals surface area contributed by atoms with E-state index in [9.17, 15) is 9.18 Å². The monoisotopic (exact) mass is 336 g/mol. The number of hydrogen-bond acceptors (Lipinski definition) is 6. The molecule has 0 saturated carbocycles. The highest BCUT2D eigenvalue weighted by Crippen LogP contribution is 2.15. The fourth-order valence-electron chi connectivity index (χ4n) is 2.73. The Hall–Kier alpha value is -2.45. The smallest absolute Gasteiger partial charge is 0.409 e. The molecular formula is C15H21FN6O2. The lowest BCUT2D eigenvalue weighted by atomic mass is 10.1. The number of piperidine rings is 1. The molecule has 3 rings (SSSR count). The molecule has 1 amide bonds. The van der Waals surface area contributed by atoms with Crippen LogP contribution in [0.1, 0.15) is 25.7 Å². The number of alkyl halides is 1. The van der Waals surface area contributed by atoms with E-state index in [1.54, 1.807) is 11.2 Å². The van der Waals surface area contributed by atoms with Gasteiger partial charge < -0.3 is 19.9 Å². The lowest BCUT2D eigenvalue weighted by Crippen LogP contribution is -2.39. The first-order valence-corrected chi connectivity index (χ1v) is 8.12. The van der Waals surface area contributed by atoms with Crippen LogP contribution in [0.2, 0.25) is 0 Å². The maximum Gasteiger partial charge on any atom is 0.409 e. The number of amides is 1. The van der Waals surface area contributed by atoms with Crippen molar-refractivity contribution in [1.29, 1.82) is 0 Å². The van der Waals surface area contributed by atoms with Gasteiger partial charge >= 0.3 is 6.09 Å². The standard InChI is InChI=1S/C15H21FN6O2/c16-11-3-6-21(7-4-11)15(23)24-8-2-1-5-22-10-20-12-13(17)18-9-19-14(12)22/h9-11H,1-8H2,(H2,17,18,19). The Morgan fingerprint density at radius 2 is 2.08 bits per heavy atom. The zero-order chi connectivity index (χ0) is 16.9. The lowest BCUT2D eigenvalue weighted by molar-refractivity contribution is 0.0808. The molecule has 2 aromatic heterocycles. The van der Waals surface area contributed by atoms with E-state index in [1.165, 1.54) is 6.33 Å². The van der Waals surface area contributed by atoms with Gasteiger partial charge in [0.15, 0.2) is 11.5 Å². The van der Waals surface area contributed by atoms with Gasteiger partial charge in [-0.15, -0.1) is 0 Å². The number of nitrogens with two attached hydrogens (primary N) is 1. The van der Waals surface area contributed by atoms with Crippen LogP contribution in [0.4, 0.5) is 15.0 Å². The number of rotatable bonds is 5. The van der Waals surface area contributed by atoms with Gasteiger partial charge in [0, 0.05) is 19.6 Å². The number of anilines is 1. The van der Waals surface area contributed by atoms with Crippen LogP contribution in [0.3, 0.4) is 0 Å². The molecule has 0 radical (unpaired) electrons. The van der Waals surface area contributed by atoms with E-state index in [2.05, 4.69) is 15.0 Å². The first-order chi connectivity index (χ1) is 11.6. The number of carbonyl (C=O) groups excluding carboxylic acids is 1. The van der Waals surface area contributed by atoms with Crippen molar-refractivity contribution in [2.75, 3.05) is 25.4 Å². The van der Waals surface area contributed by atoms with E-state index in [4.69, 9.17) is 10.5 Å². The molecule has 2 N–H and O–H groups in total. The molecule has 1 saturated heterocycles. The molecule has 0 spiro atoms. The van der Waals surface area contributed by atoms with Gasteiger partial charge in [-0.05, 0) is 25.7 Å². The third-order valence-corrected chi connectivity index (χ3v) is 4.13. The minimum absolute atomic E-state index is 0.345. The Morgan fingerprint density at radius 1 is 1.29 bits per heavy atom. The van der Waals surface area contributed by atoms with Gasteiger partial charge in [0.05, 0.1) is 12.9 Å². The van der Waals surface area contributed by atoms with Crippen LogP contribution < -0.4 is 5.73 Å². The third-order valence-electron chi connectivity index (χ3n) is 4.13. The summed E-state index contributed by atoms with van der Waals surface area (Å²) in [6.45, 7) is 1.92. The number of likely N-dealkylation sites (tertiary alicyclic amines) is 1. The topological polar surface area (TPSA) is 99.2 Å². The summed E-state index contributed by atoms with van der Waals surface area (Å²) in [4.78, 5) is 25.7. The van der Waals surface area contributed by atoms with Crippen molar-refractivity contribution >= 4 is 23.1 Å². The number of nitrogen functional groups attached to an aromatic ring is 1. The molecule has 0 unspecified atom stereocenters. The van der Waals surface area contributed by atoms with Crippen LogP contribution >= 0.6 is 0 Å². The van der Waals surface area contributed by atoms with Gasteiger partial charge in [-0.2, -0.15) is 0 Å². The number of nitrogens with zero attached hydrogens (tertiary/aromatic N) is 5. The second kappa shape index (κ2) is 7.41. The zero-order valence-corrected chi connectivity index (χ0v) is 13.4. The molecule has 8 nitrogen and oxygen atoms in total. The summed E-state index contributed by atoms with van der Waals surface area (Å²) in [5.74, 6) is 0.365. The van der Waals surface area contributed by atoms with E-state index in [0.717, 1.165) is 12.8 Å². The molecule has 0 aromatic carbocycles. The number of imidazole rings is 1. The highest BCUT2D eigenvalue weighted by atomic mass is 19.1. The van der Waals surface area contributed by atoms with E-state index in [-0.39, 0.29) is 6.09 Å². The number of carbonyl (C=O) groups is 1. The average molecular weight is 336 g/mol. The normalized spacial score (nSPS) is 15.8. The summed E-state index contributed by atoms with van der Waals surface area (Å²) in [5, 5.41) is 0. The van der Waals surface area contributed by atoms with Crippen molar-refractivity contribution in [2.24, 2.45) is 0 Å². The molecule has 1 fully saturated rings. The molecule has 0 atom stereocenters. The molecule has 24 heavy (non-hydrogen) atoms. The Labute approximate surface area is 138 Å². The van der Waals surface area contributed by atoms with E-state index in [0.29, 0.717) is 56.1 Å². The number of unbranched alkanes of at least 4 members (excludes halogenated alkanes) is 1. The van der Waals surface area contributed by atoms with E-state index >= 15 is 0 Å². The lowest BCUT2D eigenvalue weighted by Gasteiger charge is -2.27. The molecule has 130 valence electrons. The Kier molecular flexibility index (Phi) is 5.07. The summed E-state index contributed by atoms with van der Waals surface area (Å²) in [7, 11) is 0. The number of fused-ring (bicyclic) bond motifs is 1. The molecular weight excluding hydrogens is 315 g/mol. The first kappa shape index (κ1) is 16.4. The maximum atomic E-state index is 13.0. The van der Waals surface area contributed by atoms with Crippen LogP contribution in [0.5, 0.6) is 0 Å². The number of aryl methyl sites for hydroxylation is 1. The Balaban J connectivity index is 1.39. The SMILES string of the molecule is Nc1ncnc2c1ncn2CCCCOC(=O)N1CCC(F)CC1. The minimum Gasteiger partial charge on any atom is -0.449 e. The molecule has 9 heteroatoms. The van der Waals surface area contributed by atoms with Crippen LogP contribution in [-0.2, 0) is 11.3 Å². The number of hydrogen-bond donors (Lipinski definition) is 1. The highest BCUT2D eigenvalue weighted by molar-refractivity contribution is 5.81.